The third kappa shape index (κ3) is 4.67. The Morgan fingerprint density at radius 3 is 2.62 bits per heavy atom. The Hall–Kier alpha value is -2.65. The molecule has 0 saturated carbocycles. The van der Waals surface area contributed by atoms with Crippen LogP contribution in [0.1, 0.15) is 18.9 Å². The largest absolute Gasteiger partial charge is 0.325 e. The van der Waals surface area contributed by atoms with E-state index in [2.05, 4.69) is 21.2 Å². The van der Waals surface area contributed by atoms with Crippen LogP contribution in [0.2, 0.25) is 0 Å². The first-order valence-electron chi connectivity index (χ1n) is 7.34. The van der Waals surface area contributed by atoms with E-state index < -0.39 is 0 Å². The van der Waals surface area contributed by atoms with E-state index in [1.165, 1.54) is 6.92 Å². The molecule has 1 N–H and O–H groups in total. The van der Waals surface area contributed by atoms with Crippen LogP contribution < -0.4 is 10.2 Å². The molecule has 2 rings (SSSR count). The van der Waals surface area contributed by atoms with Crippen LogP contribution in [-0.2, 0) is 9.59 Å². The van der Waals surface area contributed by atoms with E-state index in [9.17, 15) is 9.59 Å². The fraction of sp³-hybridized carbons (Fsp3) is 0.167. The molecule has 0 aliphatic heterocycles. The van der Waals surface area contributed by atoms with E-state index in [0.717, 1.165) is 10.2 Å². The lowest BCUT2D eigenvalue weighted by atomic mass is 10.2. The number of rotatable bonds is 5. The van der Waals surface area contributed by atoms with Gasteiger partial charge in [-0.1, -0.05) is 34.1 Å². The summed E-state index contributed by atoms with van der Waals surface area (Å²) in [5.74, 6) is -0.391. The van der Waals surface area contributed by atoms with Crippen molar-refractivity contribution in [1.82, 2.24) is 0 Å². The van der Waals surface area contributed by atoms with Gasteiger partial charge in [-0.05, 0) is 30.3 Å². The van der Waals surface area contributed by atoms with Crippen LogP contribution in [0.15, 0.2) is 53.0 Å². The zero-order chi connectivity index (χ0) is 17.5. The van der Waals surface area contributed by atoms with Crippen LogP contribution in [-0.4, -0.2) is 18.4 Å². The molecule has 0 aliphatic carbocycles. The number of nitrogens with one attached hydrogen (secondary N) is 1. The van der Waals surface area contributed by atoms with Gasteiger partial charge in [0.05, 0.1) is 11.3 Å². The van der Waals surface area contributed by atoms with Crippen molar-refractivity contribution in [3.05, 3.63) is 58.6 Å². The molecule has 0 saturated heterocycles. The van der Waals surface area contributed by atoms with Gasteiger partial charge in [0.25, 0.3) is 0 Å². The van der Waals surface area contributed by atoms with Crippen LogP contribution in [0.25, 0.3) is 0 Å². The first-order valence-corrected chi connectivity index (χ1v) is 8.13. The first-order chi connectivity index (χ1) is 11.5. The minimum atomic E-state index is -0.251. The number of anilines is 2. The predicted octanol–water partition coefficient (Wildman–Crippen LogP) is 3.70. The van der Waals surface area contributed by atoms with Crippen LogP contribution in [0.3, 0.4) is 0 Å². The Bertz CT molecular complexity index is 799. The maximum Gasteiger partial charge on any atom is 0.226 e. The molecule has 24 heavy (non-hydrogen) atoms. The van der Waals surface area contributed by atoms with Crippen molar-refractivity contribution in [2.24, 2.45) is 0 Å². The minimum Gasteiger partial charge on any atom is -0.325 e. The summed E-state index contributed by atoms with van der Waals surface area (Å²) in [7, 11) is 0. The summed E-state index contributed by atoms with van der Waals surface area (Å²) in [6, 6.07) is 16.2. The highest BCUT2D eigenvalue weighted by atomic mass is 79.9. The zero-order valence-corrected chi connectivity index (χ0v) is 14.7. The van der Waals surface area contributed by atoms with Crippen molar-refractivity contribution >= 4 is 39.1 Å². The lowest BCUT2D eigenvalue weighted by Crippen LogP contribution is -2.32. The smallest absolute Gasteiger partial charge is 0.226 e. The lowest BCUT2D eigenvalue weighted by molar-refractivity contribution is -0.117. The van der Waals surface area contributed by atoms with Gasteiger partial charge in [0.15, 0.2) is 0 Å². The molecule has 0 fully saturated rings. The Balaban J connectivity index is 2.03. The maximum atomic E-state index is 12.1. The van der Waals surface area contributed by atoms with E-state index in [1.54, 1.807) is 29.2 Å². The van der Waals surface area contributed by atoms with Gasteiger partial charge in [0.2, 0.25) is 11.8 Å². The van der Waals surface area contributed by atoms with E-state index >= 15 is 0 Å². The van der Waals surface area contributed by atoms with Crippen molar-refractivity contribution < 1.29 is 9.59 Å². The van der Waals surface area contributed by atoms with Gasteiger partial charge >= 0.3 is 0 Å². The quantitative estimate of drug-likeness (QED) is 0.852. The highest BCUT2D eigenvalue weighted by molar-refractivity contribution is 9.10. The number of benzene rings is 2. The van der Waals surface area contributed by atoms with Crippen molar-refractivity contribution in [1.29, 1.82) is 5.26 Å². The fourth-order valence-corrected chi connectivity index (χ4v) is 2.62. The van der Waals surface area contributed by atoms with Crippen LogP contribution in [0.4, 0.5) is 11.4 Å². The highest BCUT2D eigenvalue weighted by Crippen LogP contribution is 2.20. The lowest BCUT2D eigenvalue weighted by Gasteiger charge is -2.21. The van der Waals surface area contributed by atoms with Gasteiger partial charge in [-0.25, -0.2) is 0 Å². The van der Waals surface area contributed by atoms with Gasteiger partial charge in [-0.2, -0.15) is 5.26 Å². The van der Waals surface area contributed by atoms with E-state index in [4.69, 9.17) is 5.26 Å². The topological polar surface area (TPSA) is 73.2 Å². The number of amides is 2. The Morgan fingerprint density at radius 1 is 1.21 bits per heavy atom. The molecule has 0 aromatic heterocycles. The molecule has 122 valence electrons. The van der Waals surface area contributed by atoms with E-state index in [-0.39, 0.29) is 24.8 Å². The number of nitrogens with zero attached hydrogens (tertiary/aromatic N) is 2. The van der Waals surface area contributed by atoms with Gasteiger partial charge in [-0.3, -0.25) is 9.59 Å². The normalized spacial score (nSPS) is 9.88. The highest BCUT2D eigenvalue weighted by Gasteiger charge is 2.14. The number of hydrogen-bond acceptors (Lipinski definition) is 3. The standard InChI is InChI=1S/C18H16BrN3O2/c1-13(23)22(16-7-4-6-15(19)11-16)10-9-18(24)21-17-8-3-2-5-14(17)12-20/h2-8,11H,9-10H2,1H3,(H,21,24). The molecular formula is C18H16BrN3O2. The number of para-hydroxylation sites is 1. The van der Waals surface area contributed by atoms with Crippen LogP contribution in [0, 0.1) is 11.3 Å². The summed E-state index contributed by atoms with van der Waals surface area (Å²) in [6.07, 6.45) is 0.131. The van der Waals surface area contributed by atoms with Gasteiger partial charge in [-0.15, -0.1) is 0 Å². The van der Waals surface area contributed by atoms with Gasteiger partial charge in [0, 0.05) is 30.0 Å². The second kappa shape index (κ2) is 8.27. The van der Waals surface area contributed by atoms with Crippen molar-refractivity contribution in [3.63, 3.8) is 0 Å². The number of carbonyl (C=O) groups is 2. The Labute approximate surface area is 149 Å². The van der Waals surface area contributed by atoms with Crippen molar-refractivity contribution in [3.8, 4) is 6.07 Å². The van der Waals surface area contributed by atoms with Crippen molar-refractivity contribution in [2.75, 3.05) is 16.8 Å². The summed E-state index contributed by atoms with van der Waals surface area (Å²) in [4.78, 5) is 25.5. The van der Waals surface area contributed by atoms with Crippen LogP contribution in [0.5, 0.6) is 0 Å². The summed E-state index contributed by atoms with van der Waals surface area (Å²) >= 11 is 3.37. The van der Waals surface area contributed by atoms with Gasteiger partial charge in [0.1, 0.15) is 6.07 Å². The summed E-state index contributed by atoms with van der Waals surface area (Å²) in [5, 5.41) is 11.7. The third-order valence-corrected chi connectivity index (χ3v) is 3.88. The molecule has 0 spiro atoms. The molecule has 0 unspecified atom stereocenters. The molecule has 0 aliphatic rings. The van der Waals surface area contributed by atoms with Gasteiger partial charge < -0.3 is 10.2 Å². The number of carbonyl (C=O) groups excluding carboxylic acids is 2. The molecule has 0 bridgehead atoms. The molecule has 0 atom stereocenters. The molecular weight excluding hydrogens is 370 g/mol. The Kier molecular flexibility index (Phi) is 6.10. The van der Waals surface area contributed by atoms with Crippen molar-refractivity contribution in [2.45, 2.75) is 13.3 Å². The second-order valence-electron chi connectivity index (χ2n) is 5.11. The number of hydrogen-bond donors (Lipinski definition) is 1. The number of nitriles is 1. The Morgan fingerprint density at radius 2 is 1.96 bits per heavy atom. The minimum absolute atomic E-state index is 0.131. The summed E-state index contributed by atoms with van der Waals surface area (Å²) in [5.41, 5.74) is 1.60. The molecule has 0 radical (unpaired) electrons. The molecule has 2 aromatic carbocycles. The predicted molar refractivity (Wildman–Crippen MR) is 96.6 cm³/mol. The van der Waals surface area contributed by atoms with Crippen LogP contribution >= 0.6 is 15.9 Å². The third-order valence-electron chi connectivity index (χ3n) is 3.38. The average molecular weight is 386 g/mol. The SMILES string of the molecule is CC(=O)N(CCC(=O)Nc1ccccc1C#N)c1cccc(Br)c1. The molecule has 0 heterocycles. The first kappa shape index (κ1) is 17.7. The fourth-order valence-electron chi connectivity index (χ4n) is 2.23. The average Bonchev–Trinajstić information content (AvgIpc) is 2.55. The zero-order valence-electron chi connectivity index (χ0n) is 13.1. The summed E-state index contributed by atoms with van der Waals surface area (Å²) in [6.45, 7) is 1.72. The molecule has 2 amide bonds. The molecule has 5 nitrogen and oxygen atoms in total. The second-order valence-corrected chi connectivity index (χ2v) is 6.02. The van der Waals surface area contributed by atoms with E-state index in [1.807, 2.05) is 30.3 Å². The molecule has 6 heteroatoms. The monoisotopic (exact) mass is 385 g/mol. The molecule has 2 aromatic rings. The number of halogens is 1. The maximum absolute atomic E-state index is 12.1. The van der Waals surface area contributed by atoms with E-state index in [0.29, 0.717) is 11.3 Å². The summed E-state index contributed by atoms with van der Waals surface area (Å²) < 4.78 is 0.860.